The quantitative estimate of drug-likeness (QED) is 0.760. The molecule has 0 aliphatic heterocycles. The van der Waals surface area contributed by atoms with Gasteiger partial charge in [0.15, 0.2) is 0 Å². The number of amides is 1. The lowest BCUT2D eigenvalue weighted by Crippen LogP contribution is -2.32. The molecule has 0 saturated carbocycles. The van der Waals surface area contributed by atoms with Gasteiger partial charge in [-0.25, -0.2) is 0 Å². The van der Waals surface area contributed by atoms with Crippen LogP contribution in [0.4, 0.5) is 0 Å². The van der Waals surface area contributed by atoms with Crippen LogP contribution in [0, 0.1) is 5.41 Å². The minimum atomic E-state index is -0.388. The van der Waals surface area contributed by atoms with Crippen LogP contribution in [-0.2, 0) is 4.79 Å². The first-order chi connectivity index (χ1) is 9.39. The Kier molecular flexibility index (Phi) is 7.10. The summed E-state index contributed by atoms with van der Waals surface area (Å²) in [5.74, 6) is 0.826. The monoisotopic (exact) mass is 295 g/mol. The predicted molar refractivity (Wildman–Crippen MR) is 84.9 cm³/mol. The average Bonchev–Trinajstić information content (AvgIpc) is 2.38. The van der Waals surface area contributed by atoms with Crippen LogP contribution in [0.5, 0.6) is 0 Å². The van der Waals surface area contributed by atoms with Crippen LogP contribution in [0.2, 0.25) is 0 Å². The molecule has 2 N–H and O–H groups in total. The van der Waals surface area contributed by atoms with Gasteiger partial charge in [-0.1, -0.05) is 39.0 Å². The molecule has 0 fully saturated rings. The summed E-state index contributed by atoms with van der Waals surface area (Å²) in [6.07, 6.45) is 0.716. The number of carbonyl (C=O) groups is 1. The molecule has 4 heteroatoms. The normalized spacial score (nSPS) is 13.0. The number of carbonyl (C=O) groups excluding carboxylic acids is 1. The van der Waals surface area contributed by atoms with Crippen LogP contribution < -0.4 is 5.32 Å². The van der Waals surface area contributed by atoms with Crippen molar-refractivity contribution in [2.75, 3.05) is 12.3 Å². The fourth-order valence-electron chi connectivity index (χ4n) is 1.65. The van der Waals surface area contributed by atoms with Gasteiger partial charge in [0.05, 0.1) is 6.10 Å². The van der Waals surface area contributed by atoms with Crippen LogP contribution in [-0.4, -0.2) is 29.4 Å². The molecule has 0 unspecified atom stereocenters. The van der Waals surface area contributed by atoms with Crippen LogP contribution in [0.3, 0.4) is 0 Å². The van der Waals surface area contributed by atoms with Crippen molar-refractivity contribution in [2.45, 2.75) is 44.6 Å². The number of hydrogen-bond donors (Lipinski definition) is 2. The summed E-state index contributed by atoms with van der Waals surface area (Å²) in [6, 6.07) is 10.1. The lowest BCUT2D eigenvalue weighted by atomic mass is 9.87. The van der Waals surface area contributed by atoms with Crippen molar-refractivity contribution >= 4 is 17.7 Å². The zero-order chi connectivity index (χ0) is 15.0. The SMILES string of the molecule is CC(C)(C)[C@H](O)CCNC(=O)CCSc1ccccc1. The van der Waals surface area contributed by atoms with Gasteiger partial charge < -0.3 is 10.4 Å². The molecule has 0 saturated heterocycles. The summed E-state index contributed by atoms with van der Waals surface area (Å²) in [7, 11) is 0. The Hall–Kier alpha value is -1.00. The van der Waals surface area contributed by atoms with Crippen LogP contribution in [0.15, 0.2) is 35.2 Å². The van der Waals surface area contributed by atoms with E-state index in [0.29, 0.717) is 19.4 Å². The Bertz CT molecular complexity index is 401. The van der Waals surface area contributed by atoms with E-state index in [1.54, 1.807) is 11.8 Å². The highest BCUT2D eigenvalue weighted by Crippen LogP contribution is 2.21. The zero-order valence-corrected chi connectivity index (χ0v) is 13.4. The second-order valence-corrected chi connectivity index (χ2v) is 7.10. The molecule has 0 heterocycles. The molecule has 0 spiro atoms. The Labute approximate surface area is 126 Å². The number of rotatable bonds is 7. The molecule has 0 aromatic heterocycles. The van der Waals surface area contributed by atoms with Gasteiger partial charge in [0.25, 0.3) is 0 Å². The van der Waals surface area contributed by atoms with E-state index in [1.165, 1.54) is 4.90 Å². The van der Waals surface area contributed by atoms with E-state index in [0.717, 1.165) is 5.75 Å². The maximum atomic E-state index is 11.7. The van der Waals surface area contributed by atoms with Gasteiger partial charge in [0.1, 0.15) is 0 Å². The largest absolute Gasteiger partial charge is 0.393 e. The second-order valence-electron chi connectivity index (χ2n) is 5.93. The highest BCUT2D eigenvalue weighted by atomic mass is 32.2. The number of benzene rings is 1. The highest BCUT2D eigenvalue weighted by Gasteiger charge is 2.21. The lowest BCUT2D eigenvalue weighted by molar-refractivity contribution is -0.120. The first-order valence-corrected chi connectivity index (χ1v) is 8.01. The van der Waals surface area contributed by atoms with Crippen LogP contribution in [0.25, 0.3) is 0 Å². The van der Waals surface area contributed by atoms with E-state index in [9.17, 15) is 9.90 Å². The number of thioether (sulfide) groups is 1. The third-order valence-electron chi connectivity index (χ3n) is 3.08. The van der Waals surface area contributed by atoms with Crippen molar-refractivity contribution in [3.63, 3.8) is 0 Å². The van der Waals surface area contributed by atoms with Gasteiger partial charge in [-0.3, -0.25) is 4.79 Å². The maximum absolute atomic E-state index is 11.7. The Morgan fingerprint density at radius 2 is 1.95 bits per heavy atom. The van der Waals surface area contributed by atoms with Crippen molar-refractivity contribution in [3.05, 3.63) is 30.3 Å². The van der Waals surface area contributed by atoms with E-state index >= 15 is 0 Å². The van der Waals surface area contributed by atoms with E-state index in [2.05, 4.69) is 5.32 Å². The topological polar surface area (TPSA) is 49.3 Å². The van der Waals surface area contributed by atoms with E-state index < -0.39 is 0 Å². The third kappa shape index (κ3) is 6.96. The first kappa shape index (κ1) is 17.1. The molecule has 112 valence electrons. The fraction of sp³-hybridized carbons (Fsp3) is 0.562. The molecular weight excluding hydrogens is 270 g/mol. The summed E-state index contributed by atoms with van der Waals surface area (Å²) >= 11 is 1.68. The van der Waals surface area contributed by atoms with Gasteiger partial charge in [-0.05, 0) is 24.0 Å². The van der Waals surface area contributed by atoms with Gasteiger partial charge in [-0.2, -0.15) is 0 Å². The molecular formula is C16H25NO2S. The fourth-order valence-corrected chi connectivity index (χ4v) is 2.52. The van der Waals surface area contributed by atoms with Crippen LogP contribution in [0.1, 0.15) is 33.6 Å². The Morgan fingerprint density at radius 1 is 1.30 bits per heavy atom. The molecule has 0 aliphatic rings. The minimum absolute atomic E-state index is 0.0505. The summed E-state index contributed by atoms with van der Waals surface area (Å²) in [4.78, 5) is 12.8. The number of aliphatic hydroxyl groups excluding tert-OH is 1. The van der Waals surface area contributed by atoms with Gasteiger partial charge in [0, 0.05) is 23.6 Å². The lowest BCUT2D eigenvalue weighted by Gasteiger charge is -2.25. The van der Waals surface area contributed by atoms with Crippen molar-refractivity contribution in [3.8, 4) is 0 Å². The van der Waals surface area contributed by atoms with E-state index in [4.69, 9.17) is 0 Å². The zero-order valence-electron chi connectivity index (χ0n) is 12.6. The van der Waals surface area contributed by atoms with Crippen molar-refractivity contribution in [1.82, 2.24) is 5.32 Å². The molecule has 1 atom stereocenters. The molecule has 20 heavy (non-hydrogen) atoms. The average molecular weight is 295 g/mol. The third-order valence-corrected chi connectivity index (χ3v) is 4.09. The minimum Gasteiger partial charge on any atom is -0.393 e. The number of nitrogens with one attached hydrogen (secondary N) is 1. The summed E-state index contributed by atoms with van der Waals surface area (Å²) < 4.78 is 0. The van der Waals surface area contributed by atoms with Crippen LogP contribution >= 0.6 is 11.8 Å². The molecule has 0 radical (unpaired) electrons. The summed E-state index contributed by atoms with van der Waals surface area (Å²) in [6.45, 7) is 6.52. The molecule has 3 nitrogen and oxygen atoms in total. The highest BCUT2D eigenvalue weighted by molar-refractivity contribution is 7.99. The predicted octanol–water partition coefficient (Wildman–Crippen LogP) is 3.08. The Morgan fingerprint density at radius 3 is 2.55 bits per heavy atom. The molecule has 0 bridgehead atoms. The van der Waals surface area contributed by atoms with E-state index in [1.807, 2.05) is 51.1 Å². The summed E-state index contributed by atoms with van der Waals surface area (Å²) in [5.41, 5.74) is -0.131. The van der Waals surface area contributed by atoms with Crippen molar-refractivity contribution < 1.29 is 9.90 Å². The smallest absolute Gasteiger partial charge is 0.220 e. The molecule has 1 amide bonds. The molecule has 0 aliphatic carbocycles. The molecule has 1 aromatic carbocycles. The summed E-state index contributed by atoms with van der Waals surface area (Å²) in [5, 5.41) is 12.7. The van der Waals surface area contributed by atoms with Crippen molar-refractivity contribution in [2.24, 2.45) is 5.41 Å². The van der Waals surface area contributed by atoms with Gasteiger partial charge in [0.2, 0.25) is 5.91 Å². The number of hydrogen-bond acceptors (Lipinski definition) is 3. The Balaban J connectivity index is 2.12. The maximum Gasteiger partial charge on any atom is 0.220 e. The second kappa shape index (κ2) is 8.32. The number of aliphatic hydroxyl groups is 1. The van der Waals surface area contributed by atoms with Crippen molar-refractivity contribution in [1.29, 1.82) is 0 Å². The van der Waals surface area contributed by atoms with Gasteiger partial charge >= 0.3 is 0 Å². The first-order valence-electron chi connectivity index (χ1n) is 7.02. The molecule has 1 aromatic rings. The molecule has 1 rings (SSSR count). The van der Waals surface area contributed by atoms with E-state index in [-0.39, 0.29) is 17.4 Å². The standard InChI is InChI=1S/C16H25NO2S/c1-16(2,3)14(18)9-11-17-15(19)10-12-20-13-7-5-4-6-8-13/h4-8,14,18H,9-12H2,1-3H3,(H,17,19)/t14-/m1/s1. The van der Waals surface area contributed by atoms with Gasteiger partial charge in [-0.15, -0.1) is 11.8 Å².